The molecule has 0 heterocycles. The molecular weight excluding hydrogens is 170 g/mol. The van der Waals surface area contributed by atoms with Crippen LogP contribution in [0.3, 0.4) is 0 Å². The van der Waals surface area contributed by atoms with Crippen molar-refractivity contribution in [3.8, 4) is 11.8 Å². The van der Waals surface area contributed by atoms with E-state index in [9.17, 15) is 0 Å². The molecule has 1 atom stereocenters. The zero-order valence-corrected chi connectivity index (χ0v) is 8.88. The third-order valence-electron chi connectivity index (χ3n) is 2.23. The molecule has 1 rings (SSSR count). The molecule has 0 aromatic heterocycles. The van der Waals surface area contributed by atoms with Crippen LogP contribution < -0.4 is 5.73 Å². The van der Waals surface area contributed by atoms with Gasteiger partial charge in [-0.2, -0.15) is 0 Å². The van der Waals surface area contributed by atoms with Crippen LogP contribution in [-0.4, -0.2) is 6.04 Å². The number of nitrogens with two attached hydrogens (primary N) is 1. The Morgan fingerprint density at radius 2 is 2.00 bits per heavy atom. The van der Waals surface area contributed by atoms with Gasteiger partial charge in [-0.3, -0.25) is 0 Å². The van der Waals surface area contributed by atoms with Crippen molar-refractivity contribution < 1.29 is 0 Å². The maximum Gasteiger partial charge on any atom is 0.0665 e. The Bertz CT molecular complexity index is 344. The maximum absolute atomic E-state index is 5.74. The van der Waals surface area contributed by atoms with Crippen LogP contribution in [0, 0.1) is 11.8 Å². The molecule has 0 aliphatic rings. The molecular formula is C13H17N. The molecule has 0 radical (unpaired) electrons. The lowest BCUT2D eigenvalue weighted by Crippen LogP contribution is -2.15. The normalized spacial score (nSPS) is 11.6. The minimum atomic E-state index is -0.0000813. The van der Waals surface area contributed by atoms with Gasteiger partial charge in [0, 0.05) is 5.56 Å². The first kappa shape index (κ1) is 10.8. The third-order valence-corrected chi connectivity index (χ3v) is 2.23. The van der Waals surface area contributed by atoms with E-state index in [1.54, 1.807) is 0 Å². The van der Waals surface area contributed by atoms with Gasteiger partial charge in [0.05, 0.1) is 6.04 Å². The van der Waals surface area contributed by atoms with Crippen molar-refractivity contribution in [3.05, 3.63) is 35.4 Å². The van der Waals surface area contributed by atoms with Crippen molar-refractivity contribution in [2.24, 2.45) is 5.73 Å². The Morgan fingerprint density at radius 3 is 2.64 bits per heavy atom. The van der Waals surface area contributed by atoms with Gasteiger partial charge in [0.1, 0.15) is 0 Å². The highest BCUT2D eigenvalue weighted by Crippen LogP contribution is 2.07. The van der Waals surface area contributed by atoms with Gasteiger partial charge in [-0.05, 0) is 24.5 Å². The van der Waals surface area contributed by atoms with Crippen molar-refractivity contribution in [3.63, 3.8) is 0 Å². The molecule has 0 aliphatic heterocycles. The first-order chi connectivity index (χ1) is 6.77. The van der Waals surface area contributed by atoms with Crippen molar-refractivity contribution >= 4 is 0 Å². The second kappa shape index (κ2) is 5.47. The summed E-state index contributed by atoms with van der Waals surface area (Å²) in [5.41, 5.74) is 8.14. The summed E-state index contributed by atoms with van der Waals surface area (Å²) in [7, 11) is 0. The number of rotatable bonds is 2. The van der Waals surface area contributed by atoms with E-state index in [1.165, 1.54) is 5.56 Å². The van der Waals surface area contributed by atoms with Crippen LogP contribution in [0.25, 0.3) is 0 Å². The topological polar surface area (TPSA) is 26.0 Å². The highest BCUT2D eigenvalue weighted by Gasteiger charge is 1.95. The van der Waals surface area contributed by atoms with Crippen LogP contribution in [0.15, 0.2) is 24.3 Å². The van der Waals surface area contributed by atoms with Gasteiger partial charge >= 0.3 is 0 Å². The van der Waals surface area contributed by atoms with E-state index in [2.05, 4.69) is 24.8 Å². The molecule has 74 valence electrons. The van der Waals surface area contributed by atoms with Crippen LogP contribution in [0.5, 0.6) is 0 Å². The summed E-state index contributed by atoms with van der Waals surface area (Å²) in [6.07, 6.45) is 1.92. The molecule has 2 N–H and O–H groups in total. The standard InChI is InChI=1S/C13H17N/c1-3-11-7-5-6-8-12(11)9-10-13(14)4-2/h5-8,13H,3-4,14H2,1-2H3. The average molecular weight is 187 g/mol. The number of hydrogen-bond acceptors (Lipinski definition) is 1. The minimum absolute atomic E-state index is 0.0000813. The summed E-state index contributed by atoms with van der Waals surface area (Å²) in [5, 5.41) is 0. The minimum Gasteiger partial charge on any atom is -0.318 e. The maximum atomic E-state index is 5.74. The van der Waals surface area contributed by atoms with Crippen LogP contribution in [0.1, 0.15) is 31.4 Å². The molecule has 0 aliphatic carbocycles. The number of aryl methyl sites for hydroxylation is 1. The van der Waals surface area contributed by atoms with Crippen molar-refractivity contribution in [2.45, 2.75) is 32.7 Å². The Labute approximate surface area is 86.3 Å². The highest BCUT2D eigenvalue weighted by molar-refractivity contribution is 5.41. The molecule has 1 aromatic carbocycles. The zero-order chi connectivity index (χ0) is 10.4. The van der Waals surface area contributed by atoms with E-state index in [0.717, 1.165) is 18.4 Å². The molecule has 0 bridgehead atoms. The summed E-state index contributed by atoms with van der Waals surface area (Å²) in [6, 6.07) is 8.22. The van der Waals surface area contributed by atoms with Gasteiger partial charge in [0.25, 0.3) is 0 Å². The predicted molar refractivity (Wildman–Crippen MR) is 61.0 cm³/mol. The molecule has 1 unspecified atom stereocenters. The lowest BCUT2D eigenvalue weighted by molar-refractivity contribution is 0.806. The quantitative estimate of drug-likeness (QED) is 0.707. The molecule has 0 spiro atoms. The molecule has 0 fully saturated rings. The summed E-state index contributed by atoms with van der Waals surface area (Å²) in [4.78, 5) is 0. The molecule has 1 nitrogen and oxygen atoms in total. The van der Waals surface area contributed by atoms with Crippen molar-refractivity contribution in [1.82, 2.24) is 0 Å². The second-order valence-corrected chi connectivity index (χ2v) is 3.29. The average Bonchev–Trinajstić information content (AvgIpc) is 2.26. The summed E-state index contributed by atoms with van der Waals surface area (Å²) in [5.74, 6) is 6.19. The van der Waals surface area contributed by atoms with E-state index in [0.29, 0.717) is 0 Å². The van der Waals surface area contributed by atoms with Crippen molar-refractivity contribution in [1.29, 1.82) is 0 Å². The summed E-state index contributed by atoms with van der Waals surface area (Å²) >= 11 is 0. The van der Waals surface area contributed by atoms with Crippen LogP contribution in [0.2, 0.25) is 0 Å². The van der Waals surface area contributed by atoms with E-state index in [1.807, 2.05) is 25.1 Å². The molecule has 1 heteroatoms. The fourth-order valence-electron chi connectivity index (χ4n) is 1.22. The van der Waals surface area contributed by atoms with Gasteiger partial charge < -0.3 is 5.73 Å². The Morgan fingerprint density at radius 1 is 1.29 bits per heavy atom. The largest absolute Gasteiger partial charge is 0.318 e. The number of benzene rings is 1. The van der Waals surface area contributed by atoms with Gasteiger partial charge in [-0.1, -0.05) is 43.9 Å². The fraction of sp³-hybridized carbons (Fsp3) is 0.385. The zero-order valence-electron chi connectivity index (χ0n) is 8.88. The third kappa shape index (κ3) is 2.90. The Balaban J connectivity index is 2.88. The van der Waals surface area contributed by atoms with E-state index in [-0.39, 0.29) is 6.04 Å². The SMILES string of the molecule is CCc1ccccc1C#CC(N)CC. The van der Waals surface area contributed by atoms with E-state index < -0.39 is 0 Å². The summed E-state index contributed by atoms with van der Waals surface area (Å²) in [6.45, 7) is 4.19. The van der Waals surface area contributed by atoms with Gasteiger partial charge in [0.2, 0.25) is 0 Å². The Kier molecular flexibility index (Phi) is 4.22. The van der Waals surface area contributed by atoms with Crippen LogP contribution in [0.4, 0.5) is 0 Å². The highest BCUT2D eigenvalue weighted by atomic mass is 14.6. The first-order valence-corrected chi connectivity index (χ1v) is 5.13. The smallest absolute Gasteiger partial charge is 0.0665 e. The van der Waals surface area contributed by atoms with Crippen LogP contribution in [-0.2, 0) is 6.42 Å². The van der Waals surface area contributed by atoms with Gasteiger partial charge in [0.15, 0.2) is 0 Å². The fourth-order valence-corrected chi connectivity index (χ4v) is 1.22. The molecule has 0 saturated carbocycles. The monoisotopic (exact) mass is 187 g/mol. The van der Waals surface area contributed by atoms with Gasteiger partial charge in [-0.25, -0.2) is 0 Å². The van der Waals surface area contributed by atoms with Crippen molar-refractivity contribution in [2.75, 3.05) is 0 Å². The molecule has 0 amide bonds. The molecule has 1 aromatic rings. The molecule has 0 saturated heterocycles. The lowest BCUT2D eigenvalue weighted by atomic mass is 10.1. The first-order valence-electron chi connectivity index (χ1n) is 5.13. The lowest BCUT2D eigenvalue weighted by Gasteiger charge is -2.00. The second-order valence-electron chi connectivity index (χ2n) is 3.29. The Hall–Kier alpha value is -1.26. The predicted octanol–water partition coefficient (Wildman–Crippen LogP) is 2.34. The van der Waals surface area contributed by atoms with E-state index >= 15 is 0 Å². The van der Waals surface area contributed by atoms with Crippen LogP contribution >= 0.6 is 0 Å². The molecule has 14 heavy (non-hydrogen) atoms. The van der Waals surface area contributed by atoms with E-state index in [4.69, 9.17) is 5.73 Å². The summed E-state index contributed by atoms with van der Waals surface area (Å²) < 4.78 is 0. The number of hydrogen-bond donors (Lipinski definition) is 1. The van der Waals surface area contributed by atoms with Gasteiger partial charge in [-0.15, -0.1) is 0 Å².